The third-order valence-corrected chi connectivity index (χ3v) is 12.6. The molecule has 8 rings (SSSR count). The second-order valence-electron chi connectivity index (χ2n) is 17.2. The molecule has 12 heteroatoms. The van der Waals surface area contributed by atoms with Gasteiger partial charge in [-0.25, -0.2) is 4.39 Å². The summed E-state index contributed by atoms with van der Waals surface area (Å²) < 4.78 is 23.7. The van der Waals surface area contributed by atoms with Gasteiger partial charge in [-0.2, -0.15) is 0 Å². The number of piperazine rings is 1. The Hall–Kier alpha value is -3.48. The van der Waals surface area contributed by atoms with Crippen molar-refractivity contribution in [1.82, 2.24) is 24.9 Å². The lowest BCUT2D eigenvalue weighted by atomic mass is 9.63. The van der Waals surface area contributed by atoms with Crippen LogP contribution < -0.4 is 5.32 Å². The maximum Gasteiger partial charge on any atom is 0.259 e. The van der Waals surface area contributed by atoms with E-state index >= 15 is 4.39 Å². The highest BCUT2D eigenvalue weighted by Crippen LogP contribution is 2.50. The number of amides is 2. The highest BCUT2D eigenvalue weighted by atomic mass is 19.1. The fourth-order valence-corrected chi connectivity index (χ4v) is 10.2. The molecule has 4 heterocycles. The van der Waals surface area contributed by atoms with E-state index in [0.29, 0.717) is 76.1 Å². The molecule has 0 spiro atoms. The summed E-state index contributed by atoms with van der Waals surface area (Å²) in [7, 11) is 2.00. The van der Waals surface area contributed by atoms with E-state index in [1.807, 2.05) is 27.8 Å². The number of nitrogens with zero attached hydrogens (tertiary/aromatic N) is 4. The van der Waals surface area contributed by atoms with Crippen LogP contribution in [0.5, 0.6) is 0 Å². The van der Waals surface area contributed by atoms with Gasteiger partial charge in [-0.05, 0) is 38.1 Å². The number of ketones is 3. The molecule has 1 aromatic carbocycles. The third kappa shape index (κ3) is 6.04. The summed E-state index contributed by atoms with van der Waals surface area (Å²) in [6.45, 7) is 9.51. The van der Waals surface area contributed by atoms with Crippen LogP contribution in [0.1, 0.15) is 73.6 Å². The van der Waals surface area contributed by atoms with Gasteiger partial charge >= 0.3 is 0 Å². The van der Waals surface area contributed by atoms with Crippen LogP contribution in [-0.2, 0) is 19.1 Å². The molecule has 3 saturated heterocycles. The number of rotatable bonds is 4. The fraction of sp³-hybridized carbons (Fsp3) is 0.667. The number of alkyl halides is 1. The van der Waals surface area contributed by atoms with E-state index < -0.39 is 48.2 Å². The minimum atomic E-state index is -1.40. The third-order valence-electron chi connectivity index (χ3n) is 12.6. The SMILES string of the molecule is CN1CCN(C(=O)C2=CN3C4CC5C(=O)c6ccccc6C(=O)C5CC4OC4C(N5CCC(NC(=O)CC(C)(C)C)C5)C(F)CC(C2=O)C43)CC1. The zero-order valence-electron chi connectivity index (χ0n) is 30.1. The average Bonchev–Trinajstić information content (AvgIpc) is 3.54. The first-order valence-electron chi connectivity index (χ1n) is 18.8. The molecular formula is C39H50FN5O6. The minimum absolute atomic E-state index is 0.0246. The molecule has 51 heavy (non-hydrogen) atoms. The van der Waals surface area contributed by atoms with Crippen molar-refractivity contribution in [3.63, 3.8) is 0 Å². The van der Waals surface area contributed by atoms with Crippen molar-refractivity contribution in [3.05, 3.63) is 47.2 Å². The van der Waals surface area contributed by atoms with Gasteiger partial charge in [-0.3, -0.25) is 28.9 Å². The van der Waals surface area contributed by atoms with Gasteiger partial charge in [0, 0.05) is 86.8 Å². The molecule has 11 nitrogen and oxygen atoms in total. The molecule has 0 bridgehead atoms. The predicted molar refractivity (Wildman–Crippen MR) is 186 cm³/mol. The Morgan fingerprint density at radius 1 is 0.882 bits per heavy atom. The number of carbonyl (C=O) groups is 5. The number of likely N-dealkylation sites (tertiary alicyclic amines) is 1. The largest absolute Gasteiger partial charge is 0.369 e. The topological polar surface area (TPSA) is 120 Å². The van der Waals surface area contributed by atoms with Crippen molar-refractivity contribution in [2.45, 2.75) is 95.4 Å². The van der Waals surface area contributed by atoms with E-state index in [0.717, 1.165) is 0 Å². The van der Waals surface area contributed by atoms with E-state index in [4.69, 9.17) is 4.74 Å². The number of Topliss-reactive ketones (excluding diaryl/α,β-unsaturated/α-hetero) is 3. The quantitative estimate of drug-likeness (QED) is 0.472. The van der Waals surface area contributed by atoms with Crippen LogP contribution in [0.15, 0.2) is 36.0 Å². The Morgan fingerprint density at radius 3 is 2.22 bits per heavy atom. The first-order chi connectivity index (χ1) is 24.3. The van der Waals surface area contributed by atoms with Gasteiger partial charge < -0.3 is 24.8 Å². The van der Waals surface area contributed by atoms with Crippen LogP contribution in [0.4, 0.5) is 4.39 Å². The lowest BCUT2D eigenvalue weighted by Crippen LogP contribution is -2.74. The van der Waals surface area contributed by atoms with Crippen molar-refractivity contribution in [2.24, 2.45) is 23.2 Å². The second kappa shape index (κ2) is 12.9. The van der Waals surface area contributed by atoms with Gasteiger partial charge in [0.2, 0.25) is 5.91 Å². The smallest absolute Gasteiger partial charge is 0.259 e. The zero-order valence-corrected chi connectivity index (χ0v) is 30.1. The normalized spacial score (nSPS) is 36.9. The first-order valence-corrected chi connectivity index (χ1v) is 18.8. The summed E-state index contributed by atoms with van der Waals surface area (Å²) in [4.78, 5) is 76.9. The summed E-state index contributed by atoms with van der Waals surface area (Å²) >= 11 is 0. The van der Waals surface area contributed by atoms with Gasteiger partial charge in [-0.15, -0.1) is 0 Å². The Bertz CT molecular complexity index is 1670. The van der Waals surface area contributed by atoms with Gasteiger partial charge in [0.1, 0.15) is 6.17 Å². The lowest BCUT2D eigenvalue weighted by molar-refractivity contribution is -0.215. The van der Waals surface area contributed by atoms with Crippen LogP contribution >= 0.6 is 0 Å². The molecule has 5 fully saturated rings. The van der Waals surface area contributed by atoms with Crippen LogP contribution in [0.25, 0.3) is 0 Å². The molecule has 7 aliphatic rings. The Kier molecular flexibility index (Phi) is 8.74. The number of morpholine rings is 1. The maximum absolute atomic E-state index is 16.7. The van der Waals surface area contributed by atoms with Crippen molar-refractivity contribution < 1.29 is 33.1 Å². The molecule has 0 radical (unpaired) electrons. The Morgan fingerprint density at radius 2 is 1.55 bits per heavy atom. The van der Waals surface area contributed by atoms with Gasteiger partial charge in [-0.1, -0.05) is 45.0 Å². The number of likely N-dealkylation sites (N-methyl/N-ethyl adjacent to an activating group) is 1. The van der Waals surface area contributed by atoms with E-state index in [2.05, 4.69) is 20.0 Å². The molecule has 10 atom stereocenters. The molecule has 0 aromatic heterocycles. The molecule has 274 valence electrons. The molecular weight excluding hydrogens is 653 g/mol. The lowest BCUT2D eigenvalue weighted by Gasteiger charge is -2.61. The van der Waals surface area contributed by atoms with Crippen molar-refractivity contribution in [3.8, 4) is 0 Å². The summed E-state index contributed by atoms with van der Waals surface area (Å²) in [5.41, 5.74) is 0.807. The fourth-order valence-electron chi connectivity index (χ4n) is 10.2. The van der Waals surface area contributed by atoms with Crippen LogP contribution in [0.3, 0.4) is 0 Å². The van der Waals surface area contributed by atoms with Gasteiger partial charge in [0.25, 0.3) is 5.91 Å². The number of carbonyl (C=O) groups excluding carboxylic acids is 5. The van der Waals surface area contributed by atoms with E-state index in [-0.39, 0.29) is 58.7 Å². The second-order valence-corrected chi connectivity index (χ2v) is 17.2. The molecule has 3 aliphatic carbocycles. The Balaban J connectivity index is 1.12. The number of benzene rings is 1. The van der Waals surface area contributed by atoms with Crippen LogP contribution in [-0.4, -0.2) is 138 Å². The highest BCUT2D eigenvalue weighted by molar-refractivity contribution is 6.20. The summed E-state index contributed by atoms with van der Waals surface area (Å²) in [6, 6.07) is 5.30. The molecule has 2 saturated carbocycles. The first kappa shape index (κ1) is 34.6. The summed E-state index contributed by atoms with van der Waals surface area (Å²) in [5, 5.41) is 3.15. The zero-order chi connectivity index (χ0) is 35.9. The van der Waals surface area contributed by atoms with Crippen LogP contribution in [0.2, 0.25) is 0 Å². The van der Waals surface area contributed by atoms with E-state index in [1.165, 1.54) is 0 Å². The van der Waals surface area contributed by atoms with Crippen molar-refractivity contribution in [1.29, 1.82) is 0 Å². The molecule has 2 amide bonds. The Labute approximate surface area is 298 Å². The van der Waals surface area contributed by atoms with E-state index in [9.17, 15) is 24.0 Å². The molecule has 1 N–H and O–H groups in total. The number of nitrogens with one attached hydrogen (secondary N) is 1. The average molecular weight is 704 g/mol. The minimum Gasteiger partial charge on any atom is -0.369 e. The van der Waals surface area contributed by atoms with Crippen LogP contribution in [0, 0.1) is 23.2 Å². The number of hydrogen-bond donors (Lipinski definition) is 1. The van der Waals surface area contributed by atoms with Crippen molar-refractivity contribution >= 4 is 29.2 Å². The number of halogens is 1. The number of fused-ring (bicyclic) bond motifs is 4. The van der Waals surface area contributed by atoms with E-state index in [1.54, 1.807) is 35.4 Å². The van der Waals surface area contributed by atoms with Gasteiger partial charge in [0.15, 0.2) is 17.3 Å². The number of ether oxygens (including phenoxy) is 1. The van der Waals surface area contributed by atoms with Gasteiger partial charge in [0.05, 0.1) is 35.9 Å². The number of hydrogen-bond acceptors (Lipinski definition) is 9. The summed E-state index contributed by atoms with van der Waals surface area (Å²) in [6.07, 6.45) is 0.778. The monoisotopic (exact) mass is 703 g/mol. The highest BCUT2D eigenvalue weighted by Gasteiger charge is 2.62. The maximum atomic E-state index is 16.7. The molecule has 10 unspecified atom stereocenters. The van der Waals surface area contributed by atoms with Crippen molar-refractivity contribution in [2.75, 3.05) is 46.3 Å². The summed E-state index contributed by atoms with van der Waals surface area (Å²) in [5.74, 6) is -2.70. The molecule has 1 aromatic rings. The molecule has 4 aliphatic heterocycles. The standard InChI is InChI=1S/C39H50FN5O6/c1-39(2,3)18-31(46)41-21-9-10-44(19-21)33-28(40)15-26-32-37(33)51-30-17-25-24(34(47)22-7-5-6-8-23(22)35(25)48)16-29(30)45(32)20-27(36(26)49)38(50)43-13-11-42(4)12-14-43/h5-8,20-21,24-26,28-30,32-33,37H,9-19H2,1-4H3,(H,41,46). The predicted octanol–water partition coefficient (Wildman–Crippen LogP) is 2.49.